The van der Waals surface area contributed by atoms with Crippen molar-refractivity contribution in [2.75, 3.05) is 23.5 Å². The molecule has 0 aromatic heterocycles. The largest absolute Gasteiger partial charge is 0.495 e. The minimum absolute atomic E-state index is 0.119. The quantitative estimate of drug-likeness (QED) is 0.668. The number of nitrogens with one attached hydrogen (secondary N) is 2. The maximum Gasteiger partial charge on any atom is 0.234 e. The van der Waals surface area contributed by atoms with E-state index >= 15 is 0 Å². The zero-order valence-corrected chi connectivity index (χ0v) is 17.9. The summed E-state index contributed by atoms with van der Waals surface area (Å²) >= 11 is 7.53. The number of methoxy groups -OCH3 is 1. The molecule has 1 amide bonds. The highest BCUT2D eigenvalue weighted by Crippen LogP contribution is 2.39. The molecule has 0 unspecified atom stereocenters. The summed E-state index contributed by atoms with van der Waals surface area (Å²) in [6.45, 7) is 0. The van der Waals surface area contributed by atoms with E-state index in [-0.39, 0.29) is 17.3 Å². The summed E-state index contributed by atoms with van der Waals surface area (Å²) in [6, 6.07) is 13.4. The molecule has 29 heavy (non-hydrogen) atoms. The minimum Gasteiger partial charge on any atom is -0.495 e. The molecule has 1 spiro atoms. The van der Waals surface area contributed by atoms with Crippen LogP contribution in [0.5, 0.6) is 5.75 Å². The van der Waals surface area contributed by atoms with E-state index in [0.29, 0.717) is 16.5 Å². The van der Waals surface area contributed by atoms with Crippen LogP contribution in [-0.2, 0) is 4.79 Å². The number of para-hydroxylation sites is 1. The van der Waals surface area contributed by atoms with Gasteiger partial charge in [0.1, 0.15) is 16.5 Å². The van der Waals surface area contributed by atoms with Crippen LogP contribution in [0.1, 0.15) is 37.7 Å². The summed E-state index contributed by atoms with van der Waals surface area (Å²) in [5.74, 6) is 0.726. The Morgan fingerprint density at radius 1 is 1.24 bits per heavy atom. The van der Waals surface area contributed by atoms with E-state index in [1.165, 1.54) is 31.0 Å². The van der Waals surface area contributed by atoms with Crippen LogP contribution in [0, 0.1) is 0 Å². The van der Waals surface area contributed by atoms with Crippen molar-refractivity contribution >= 4 is 45.7 Å². The molecule has 0 bridgehead atoms. The lowest BCUT2D eigenvalue weighted by atomic mass is 9.88. The first-order chi connectivity index (χ1) is 14.1. The van der Waals surface area contributed by atoms with Gasteiger partial charge in [0.2, 0.25) is 5.91 Å². The van der Waals surface area contributed by atoms with E-state index in [0.717, 1.165) is 29.1 Å². The summed E-state index contributed by atoms with van der Waals surface area (Å²) in [5.41, 5.74) is 2.49. The number of hydrogen-bond donors (Lipinski definition) is 2. The number of nitrogens with zero attached hydrogens (tertiary/aromatic N) is 1. The van der Waals surface area contributed by atoms with Crippen LogP contribution >= 0.6 is 23.4 Å². The molecule has 2 aromatic rings. The van der Waals surface area contributed by atoms with Crippen LogP contribution in [0.15, 0.2) is 47.5 Å². The predicted octanol–water partition coefficient (Wildman–Crippen LogP) is 5.55. The lowest BCUT2D eigenvalue weighted by molar-refractivity contribution is -0.113. The molecule has 1 aliphatic carbocycles. The van der Waals surface area contributed by atoms with Gasteiger partial charge in [-0.3, -0.25) is 4.79 Å². The average molecular weight is 430 g/mol. The second kappa shape index (κ2) is 8.67. The van der Waals surface area contributed by atoms with Gasteiger partial charge in [-0.05, 0) is 49.9 Å². The molecule has 2 N–H and O–H groups in total. The Morgan fingerprint density at radius 2 is 2.03 bits per heavy atom. The number of carbonyl (C=O) groups is 1. The fourth-order valence-electron chi connectivity index (χ4n) is 3.89. The fraction of sp³-hybridized carbons (Fsp3) is 0.364. The van der Waals surface area contributed by atoms with Crippen LogP contribution in [0.2, 0.25) is 5.02 Å². The van der Waals surface area contributed by atoms with Gasteiger partial charge in [-0.25, -0.2) is 4.99 Å². The number of anilines is 2. The number of amides is 1. The van der Waals surface area contributed by atoms with Crippen molar-refractivity contribution in [3.8, 4) is 5.75 Å². The highest BCUT2D eigenvalue weighted by molar-refractivity contribution is 8.15. The maximum atomic E-state index is 12.6. The van der Waals surface area contributed by atoms with Crippen molar-refractivity contribution in [1.82, 2.24) is 0 Å². The normalized spacial score (nSPS) is 17.1. The van der Waals surface area contributed by atoms with Crippen LogP contribution in [0.25, 0.3) is 0 Å². The Kier molecular flexibility index (Phi) is 6.01. The number of thioether (sulfide) groups is 1. The Labute approximate surface area is 180 Å². The molecule has 0 saturated heterocycles. The molecular weight excluding hydrogens is 406 g/mol. The maximum absolute atomic E-state index is 12.6. The molecule has 1 saturated carbocycles. The van der Waals surface area contributed by atoms with Gasteiger partial charge in [0.15, 0.2) is 0 Å². The molecule has 1 aliphatic heterocycles. The molecule has 7 heteroatoms. The summed E-state index contributed by atoms with van der Waals surface area (Å²) in [7, 11) is 1.57. The van der Waals surface area contributed by atoms with E-state index in [4.69, 9.17) is 21.3 Å². The highest BCUT2D eigenvalue weighted by atomic mass is 35.5. The van der Waals surface area contributed by atoms with Crippen LogP contribution in [0.4, 0.5) is 11.4 Å². The number of carbonyl (C=O) groups excluding carboxylic acids is 1. The fourth-order valence-corrected chi connectivity index (χ4v) is 4.98. The van der Waals surface area contributed by atoms with Crippen molar-refractivity contribution in [3.05, 3.63) is 53.1 Å². The summed E-state index contributed by atoms with van der Waals surface area (Å²) in [6.07, 6.45) is 5.65. The molecule has 2 aliphatic rings. The second-order valence-corrected chi connectivity index (χ2v) is 8.76. The molecule has 1 fully saturated rings. The van der Waals surface area contributed by atoms with Crippen molar-refractivity contribution in [1.29, 1.82) is 0 Å². The van der Waals surface area contributed by atoms with Gasteiger partial charge in [-0.15, -0.1) is 0 Å². The van der Waals surface area contributed by atoms with Gasteiger partial charge in [-0.1, -0.05) is 48.0 Å². The first kappa shape index (κ1) is 20.1. The lowest BCUT2D eigenvalue weighted by Gasteiger charge is -2.39. The Morgan fingerprint density at radius 3 is 2.83 bits per heavy atom. The number of benzene rings is 2. The minimum atomic E-state index is -0.235. The van der Waals surface area contributed by atoms with E-state index in [9.17, 15) is 4.79 Å². The Balaban J connectivity index is 1.50. The summed E-state index contributed by atoms with van der Waals surface area (Å²) < 4.78 is 5.31. The SMILES string of the molecule is COc1ccc(Cl)cc1NC(=O)CSC1=NC2(CCCCC2)Nc2ccccc21. The van der Waals surface area contributed by atoms with E-state index in [2.05, 4.69) is 22.8 Å². The molecule has 1 heterocycles. The first-order valence-electron chi connectivity index (χ1n) is 9.82. The molecule has 2 aromatic carbocycles. The van der Waals surface area contributed by atoms with Crippen LogP contribution < -0.4 is 15.4 Å². The van der Waals surface area contributed by atoms with Gasteiger partial charge in [-0.2, -0.15) is 0 Å². The molecule has 4 rings (SSSR count). The zero-order chi connectivity index (χ0) is 20.3. The van der Waals surface area contributed by atoms with Crippen molar-refractivity contribution in [3.63, 3.8) is 0 Å². The number of ether oxygens (including phenoxy) is 1. The second-order valence-electron chi connectivity index (χ2n) is 7.36. The van der Waals surface area contributed by atoms with Gasteiger partial charge < -0.3 is 15.4 Å². The van der Waals surface area contributed by atoms with E-state index in [1.54, 1.807) is 25.3 Å². The lowest BCUT2D eigenvalue weighted by Crippen LogP contribution is -2.42. The molecule has 0 atom stereocenters. The smallest absolute Gasteiger partial charge is 0.234 e. The number of fused-ring (bicyclic) bond motifs is 1. The van der Waals surface area contributed by atoms with Crippen molar-refractivity contribution in [2.45, 2.75) is 37.8 Å². The van der Waals surface area contributed by atoms with Crippen molar-refractivity contribution in [2.24, 2.45) is 4.99 Å². The van der Waals surface area contributed by atoms with Gasteiger partial charge in [0.25, 0.3) is 0 Å². The standard InChI is InChI=1S/C22H24ClN3O2S/c1-28-19-10-9-15(23)13-18(19)24-20(27)14-29-21-16-7-3-4-8-17(16)25-22(26-21)11-5-2-6-12-22/h3-4,7-10,13,25H,2,5-6,11-12,14H2,1H3,(H,24,27). The number of hydrogen-bond acceptors (Lipinski definition) is 5. The van der Waals surface area contributed by atoms with Gasteiger partial charge in [0.05, 0.1) is 18.6 Å². The molecule has 152 valence electrons. The topological polar surface area (TPSA) is 62.7 Å². The number of aliphatic imine (C=N–C) groups is 1. The predicted molar refractivity (Wildman–Crippen MR) is 122 cm³/mol. The molecule has 5 nitrogen and oxygen atoms in total. The number of rotatable bonds is 4. The van der Waals surface area contributed by atoms with E-state index < -0.39 is 0 Å². The first-order valence-corrected chi connectivity index (χ1v) is 11.2. The third-order valence-corrected chi connectivity index (χ3v) is 6.52. The third-order valence-electron chi connectivity index (χ3n) is 5.30. The highest BCUT2D eigenvalue weighted by Gasteiger charge is 2.36. The van der Waals surface area contributed by atoms with Crippen molar-refractivity contribution < 1.29 is 9.53 Å². The molecular formula is C22H24ClN3O2S. The third kappa shape index (κ3) is 4.54. The van der Waals surface area contributed by atoms with Crippen LogP contribution in [0.3, 0.4) is 0 Å². The Bertz CT molecular complexity index is 941. The van der Waals surface area contributed by atoms with Crippen LogP contribution in [-0.4, -0.2) is 29.5 Å². The summed E-state index contributed by atoms with van der Waals surface area (Å²) in [4.78, 5) is 17.7. The monoisotopic (exact) mass is 429 g/mol. The summed E-state index contributed by atoms with van der Waals surface area (Å²) in [5, 5.41) is 8.03. The molecule has 0 radical (unpaired) electrons. The zero-order valence-electron chi connectivity index (χ0n) is 16.3. The Hall–Kier alpha value is -2.18. The van der Waals surface area contributed by atoms with Gasteiger partial charge >= 0.3 is 0 Å². The van der Waals surface area contributed by atoms with E-state index in [1.807, 2.05) is 12.1 Å². The van der Waals surface area contributed by atoms with Gasteiger partial charge in [0, 0.05) is 16.3 Å². The number of halogens is 1. The average Bonchev–Trinajstić information content (AvgIpc) is 2.73.